The lowest BCUT2D eigenvalue weighted by Crippen LogP contribution is -1.88. The molecule has 2 aromatic carbocycles. The summed E-state index contributed by atoms with van der Waals surface area (Å²) in [5.74, 6) is 0. The highest BCUT2D eigenvalue weighted by molar-refractivity contribution is 5.31. The molecule has 0 aliphatic heterocycles. The Morgan fingerprint density at radius 2 is 0.909 bits per heavy atom. The number of rotatable bonds is 4. The first-order valence-corrected chi connectivity index (χ1v) is 8.72. The lowest BCUT2D eigenvalue weighted by molar-refractivity contribution is 1.07. The molecule has 0 unspecified atom stereocenters. The molecule has 0 nitrogen and oxygen atoms in total. The molecule has 0 spiro atoms. The first-order chi connectivity index (χ1) is 10.5. The average molecular weight is 296 g/mol. The second-order valence-electron chi connectivity index (χ2n) is 5.94. The topological polar surface area (TPSA) is 0 Å². The van der Waals surface area contributed by atoms with Crippen LogP contribution in [0.15, 0.2) is 36.4 Å². The van der Waals surface area contributed by atoms with E-state index in [0.717, 1.165) is 25.7 Å². The van der Waals surface area contributed by atoms with E-state index in [2.05, 4.69) is 77.9 Å². The molecule has 2 aromatic rings. The Labute approximate surface area is 137 Å². The summed E-state index contributed by atoms with van der Waals surface area (Å²) in [6, 6.07) is 13.5. The van der Waals surface area contributed by atoms with Gasteiger partial charge in [0.25, 0.3) is 0 Å². The Morgan fingerprint density at radius 3 is 1.18 bits per heavy atom. The minimum atomic E-state index is 1.15. The van der Waals surface area contributed by atoms with Gasteiger partial charge in [-0.3, -0.25) is 0 Å². The van der Waals surface area contributed by atoms with Crippen LogP contribution in [0.3, 0.4) is 0 Å². The van der Waals surface area contributed by atoms with Gasteiger partial charge in [-0.15, -0.1) is 0 Å². The van der Waals surface area contributed by atoms with Gasteiger partial charge in [0.05, 0.1) is 0 Å². The lowest BCUT2D eigenvalue weighted by Gasteiger charge is -2.04. The molecule has 22 heavy (non-hydrogen) atoms. The van der Waals surface area contributed by atoms with Crippen molar-refractivity contribution >= 4 is 0 Å². The molecule has 0 heteroatoms. The van der Waals surface area contributed by atoms with Crippen LogP contribution in [0.5, 0.6) is 0 Å². The molecule has 0 atom stereocenters. The van der Waals surface area contributed by atoms with Gasteiger partial charge < -0.3 is 0 Å². The van der Waals surface area contributed by atoms with E-state index >= 15 is 0 Å². The van der Waals surface area contributed by atoms with Crippen molar-refractivity contribution in [2.75, 3.05) is 0 Å². The first-order valence-electron chi connectivity index (χ1n) is 8.72. The van der Waals surface area contributed by atoms with E-state index in [9.17, 15) is 0 Å². The Morgan fingerprint density at radius 1 is 0.545 bits per heavy atom. The molecular weight excluding hydrogens is 264 g/mol. The van der Waals surface area contributed by atoms with Crippen molar-refractivity contribution in [3.05, 3.63) is 69.8 Å². The third-order valence-corrected chi connectivity index (χ3v) is 4.41. The Hall–Kier alpha value is -1.56. The summed E-state index contributed by atoms with van der Waals surface area (Å²) >= 11 is 0. The third kappa shape index (κ3) is 5.33. The Bertz CT molecular complexity index is 525. The smallest absolute Gasteiger partial charge is 0.0305 e. The van der Waals surface area contributed by atoms with E-state index in [1.54, 1.807) is 0 Å². The summed E-state index contributed by atoms with van der Waals surface area (Å²) in [4.78, 5) is 0. The van der Waals surface area contributed by atoms with Gasteiger partial charge in [-0.1, -0.05) is 64.1 Å². The zero-order chi connectivity index (χ0) is 16.5. The number of hydrogen-bond donors (Lipinski definition) is 0. The van der Waals surface area contributed by atoms with Crippen molar-refractivity contribution in [3.63, 3.8) is 0 Å². The molecule has 0 aliphatic carbocycles. The van der Waals surface area contributed by atoms with Crippen LogP contribution in [0.2, 0.25) is 0 Å². The summed E-state index contributed by atoms with van der Waals surface area (Å²) in [6.45, 7) is 13.2. The molecule has 120 valence electrons. The molecule has 0 fully saturated rings. The largest absolute Gasteiger partial charge is 0.0613 e. The van der Waals surface area contributed by atoms with E-state index in [4.69, 9.17) is 0 Å². The molecule has 0 bridgehead atoms. The van der Waals surface area contributed by atoms with Gasteiger partial charge in [0, 0.05) is 0 Å². The van der Waals surface area contributed by atoms with Crippen molar-refractivity contribution in [2.45, 2.75) is 67.2 Å². The molecule has 0 amide bonds. The number of aryl methyl sites for hydroxylation is 6. The van der Waals surface area contributed by atoms with Crippen LogP contribution in [0.25, 0.3) is 0 Å². The van der Waals surface area contributed by atoms with Gasteiger partial charge in [0.1, 0.15) is 0 Å². The normalized spacial score (nSPS) is 10.1. The molecule has 0 heterocycles. The van der Waals surface area contributed by atoms with Crippen LogP contribution in [0.1, 0.15) is 61.1 Å². The van der Waals surface area contributed by atoms with Gasteiger partial charge in [0.2, 0.25) is 0 Å². The highest BCUT2D eigenvalue weighted by atomic mass is 14.0. The predicted octanol–water partition coefficient (Wildman–Crippen LogP) is 6.24. The van der Waals surface area contributed by atoms with E-state index < -0.39 is 0 Å². The van der Waals surface area contributed by atoms with E-state index in [1.807, 2.05) is 0 Å². The van der Waals surface area contributed by atoms with Crippen molar-refractivity contribution in [2.24, 2.45) is 0 Å². The van der Waals surface area contributed by atoms with Gasteiger partial charge in [-0.05, 0) is 72.9 Å². The zero-order valence-electron chi connectivity index (χ0n) is 15.3. The Kier molecular flexibility index (Phi) is 7.95. The SMILES string of the molecule is CCc1ccc(C)c(CC)c1.CCc1ccc(C)c(CC)c1. The van der Waals surface area contributed by atoms with Gasteiger partial charge in [-0.25, -0.2) is 0 Å². The fourth-order valence-corrected chi connectivity index (χ4v) is 2.65. The standard InChI is InChI=1S/2C11H16/c2*1-4-10-7-6-9(3)11(5-2)8-10/h2*6-8H,4-5H2,1-3H3. The molecular formula is C22H32. The predicted molar refractivity (Wildman–Crippen MR) is 99.9 cm³/mol. The molecule has 0 radical (unpaired) electrons. The maximum atomic E-state index is 2.31. The van der Waals surface area contributed by atoms with Crippen molar-refractivity contribution in [1.82, 2.24) is 0 Å². The van der Waals surface area contributed by atoms with E-state index in [0.29, 0.717) is 0 Å². The number of hydrogen-bond acceptors (Lipinski definition) is 0. The minimum absolute atomic E-state index is 1.15. The fraction of sp³-hybridized carbons (Fsp3) is 0.455. The second-order valence-corrected chi connectivity index (χ2v) is 5.94. The third-order valence-electron chi connectivity index (χ3n) is 4.41. The maximum Gasteiger partial charge on any atom is -0.0305 e. The van der Waals surface area contributed by atoms with Crippen LogP contribution < -0.4 is 0 Å². The monoisotopic (exact) mass is 296 g/mol. The lowest BCUT2D eigenvalue weighted by atomic mass is 10.0. The van der Waals surface area contributed by atoms with Crippen LogP contribution in [-0.4, -0.2) is 0 Å². The summed E-state index contributed by atoms with van der Waals surface area (Å²) in [5.41, 5.74) is 8.73. The van der Waals surface area contributed by atoms with Crippen LogP contribution in [0, 0.1) is 13.8 Å². The quantitative estimate of drug-likeness (QED) is 0.626. The first kappa shape index (κ1) is 18.5. The van der Waals surface area contributed by atoms with E-state index in [1.165, 1.54) is 33.4 Å². The van der Waals surface area contributed by atoms with Crippen LogP contribution >= 0.6 is 0 Å². The highest BCUT2D eigenvalue weighted by Gasteiger charge is 1.96. The van der Waals surface area contributed by atoms with Gasteiger partial charge in [0.15, 0.2) is 0 Å². The van der Waals surface area contributed by atoms with Crippen molar-refractivity contribution in [1.29, 1.82) is 0 Å². The van der Waals surface area contributed by atoms with Crippen molar-refractivity contribution in [3.8, 4) is 0 Å². The summed E-state index contributed by atoms with van der Waals surface area (Å²) in [6.07, 6.45) is 4.60. The fourth-order valence-electron chi connectivity index (χ4n) is 2.65. The molecule has 2 rings (SSSR count). The summed E-state index contributed by atoms with van der Waals surface area (Å²) < 4.78 is 0. The van der Waals surface area contributed by atoms with E-state index in [-0.39, 0.29) is 0 Å². The summed E-state index contributed by atoms with van der Waals surface area (Å²) in [7, 11) is 0. The average Bonchev–Trinajstić information content (AvgIpc) is 2.56. The molecule has 0 aliphatic rings. The zero-order valence-corrected chi connectivity index (χ0v) is 15.3. The van der Waals surface area contributed by atoms with Gasteiger partial charge in [-0.2, -0.15) is 0 Å². The van der Waals surface area contributed by atoms with Crippen molar-refractivity contribution < 1.29 is 0 Å². The second kappa shape index (κ2) is 9.46. The maximum absolute atomic E-state index is 2.31. The molecule has 0 saturated carbocycles. The summed E-state index contributed by atoms with van der Waals surface area (Å²) in [5, 5.41) is 0. The molecule has 0 aromatic heterocycles. The van der Waals surface area contributed by atoms with Crippen LogP contribution in [0.4, 0.5) is 0 Å². The highest BCUT2D eigenvalue weighted by Crippen LogP contribution is 2.12. The minimum Gasteiger partial charge on any atom is -0.0613 e. The van der Waals surface area contributed by atoms with Crippen LogP contribution in [-0.2, 0) is 25.7 Å². The van der Waals surface area contributed by atoms with Gasteiger partial charge >= 0.3 is 0 Å². The number of benzene rings is 2. The molecule has 0 N–H and O–H groups in total. The Balaban J connectivity index is 0.000000220. The molecule has 0 saturated heterocycles.